The van der Waals surface area contributed by atoms with Crippen molar-refractivity contribution in [2.24, 2.45) is 0 Å². The number of fused-ring (bicyclic) bond motifs is 6. The van der Waals surface area contributed by atoms with Crippen molar-refractivity contribution in [3.63, 3.8) is 0 Å². The molecule has 2 aromatic heterocycles. The summed E-state index contributed by atoms with van der Waals surface area (Å²) in [6, 6.07) is 59.9. The Hall–Kier alpha value is -6.85. The molecule has 0 radical (unpaired) electrons. The highest BCUT2D eigenvalue weighted by Crippen LogP contribution is 2.56. The second-order valence-corrected chi connectivity index (χ2v) is 15.8. The molecule has 2 aliphatic rings. The number of aromatic nitrogens is 3. The van der Waals surface area contributed by atoms with Crippen molar-refractivity contribution < 1.29 is 0 Å². The zero-order valence-electron chi connectivity index (χ0n) is 32.0. The first-order valence-corrected chi connectivity index (χ1v) is 19.3. The lowest BCUT2D eigenvalue weighted by atomic mass is 9.83. The SMILES string of the molecule is CC1(C)c2cc(N(c3ccccc3)c3ccccc3)cnc2-c2nc3c(nc21)-c1c(-c2ccccc2)cc(N(c2ccccc2)c2ccccc2)cc1C3(C)C. The third kappa shape index (κ3) is 5.26. The molecule has 0 fully saturated rings. The predicted molar refractivity (Wildman–Crippen MR) is 230 cm³/mol. The molecule has 0 saturated heterocycles. The van der Waals surface area contributed by atoms with Crippen LogP contribution in [0.3, 0.4) is 0 Å². The summed E-state index contributed by atoms with van der Waals surface area (Å²) in [5.41, 5.74) is 16.0. The summed E-state index contributed by atoms with van der Waals surface area (Å²) in [6.45, 7) is 9.11. The van der Waals surface area contributed by atoms with Gasteiger partial charge in [0.25, 0.3) is 0 Å². The van der Waals surface area contributed by atoms with E-state index in [1.165, 1.54) is 5.56 Å². The van der Waals surface area contributed by atoms with Crippen LogP contribution in [0.2, 0.25) is 0 Å². The molecule has 10 rings (SSSR count). The smallest absolute Gasteiger partial charge is 0.112 e. The van der Waals surface area contributed by atoms with Gasteiger partial charge in [-0.1, -0.05) is 117 Å². The molecule has 0 saturated carbocycles. The first-order chi connectivity index (χ1) is 27.3. The summed E-state index contributed by atoms with van der Waals surface area (Å²) >= 11 is 0. The fraction of sp³-hybridized carbons (Fsp3) is 0.118. The Morgan fingerprint density at radius 2 is 0.804 bits per heavy atom. The minimum Gasteiger partial charge on any atom is -0.310 e. The first-order valence-electron chi connectivity index (χ1n) is 19.3. The summed E-state index contributed by atoms with van der Waals surface area (Å²) in [7, 11) is 0. The van der Waals surface area contributed by atoms with Crippen LogP contribution in [0.5, 0.6) is 0 Å². The zero-order chi connectivity index (χ0) is 38.0. The van der Waals surface area contributed by atoms with E-state index in [0.717, 1.165) is 84.8 Å². The Labute approximate surface area is 328 Å². The summed E-state index contributed by atoms with van der Waals surface area (Å²) in [4.78, 5) is 21.1. The predicted octanol–water partition coefficient (Wildman–Crippen LogP) is 13.1. The molecule has 6 aromatic carbocycles. The lowest BCUT2D eigenvalue weighted by Crippen LogP contribution is -2.20. The average Bonchev–Trinajstić information content (AvgIpc) is 3.60. The normalized spacial score (nSPS) is 14.0. The van der Waals surface area contributed by atoms with Crippen molar-refractivity contribution in [3.8, 4) is 33.8 Å². The highest BCUT2D eigenvalue weighted by atomic mass is 15.2. The van der Waals surface area contributed by atoms with Gasteiger partial charge in [-0.15, -0.1) is 0 Å². The van der Waals surface area contributed by atoms with Crippen molar-refractivity contribution in [3.05, 3.63) is 199 Å². The van der Waals surface area contributed by atoms with Crippen LogP contribution < -0.4 is 9.80 Å². The molecule has 270 valence electrons. The van der Waals surface area contributed by atoms with E-state index in [9.17, 15) is 0 Å². The molecule has 2 heterocycles. The first kappa shape index (κ1) is 33.7. The average molecular weight is 724 g/mol. The van der Waals surface area contributed by atoms with Gasteiger partial charge in [0, 0.05) is 44.8 Å². The zero-order valence-corrected chi connectivity index (χ0v) is 32.0. The van der Waals surface area contributed by atoms with Crippen molar-refractivity contribution in [2.45, 2.75) is 38.5 Å². The van der Waals surface area contributed by atoms with Crippen molar-refractivity contribution in [1.29, 1.82) is 0 Å². The van der Waals surface area contributed by atoms with Gasteiger partial charge >= 0.3 is 0 Å². The summed E-state index contributed by atoms with van der Waals surface area (Å²) in [5.74, 6) is 0. The Kier molecular flexibility index (Phi) is 7.75. The number of rotatable bonds is 7. The minimum atomic E-state index is -0.439. The van der Waals surface area contributed by atoms with E-state index < -0.39 is 10.8 Å². The largest absolute Gasteiger partial charge is 0.310 e. The van der Waals surface area contributed by atoms with Crippen molar-refractivity contribution >= 4 is 34.1 Å². The van der Waals surface area contributed by atoms with E-state index in [2.05, 4.69) is 207 Å². The van der Waals surface area contributed by atoms with Gasteiger partial charge in [0.1, 0.15) is 5.69 Å². The molecule has 0 unspecified atom stereocenters. The van der Waals surface area contributed by atoms with Crippen LogP contribution in [0.25, 0.3) is 33.8 Å². The Balaban J connectivity index is 1.16. The quantitative estimate of drug-likeness (QED) is 0.164. The van der Waals surface area contributed by atoms with Gasteiger partial charge in [0.15, 0.2) is 0 Å². The van der Waals surface area contributed by atoms with Gasteiger partial charge in [-0.05, 0) is 103 Å². The number of para-hydroxylation sites is 4. The van der Waals surface area contributed by atoms with Crippen LogP contribution >= 0.6 is 0 Å². The van der Waals surface area contributed by atoms with Crippen molar-refractivity contribution in [1.82, 2.24) is 15.0 Å². The molecule has 0 amide bonds. The molecule has 56 heavy (non-hydrogen) atoms. The molecule has 8 aromatic rings. The van der Waals surface area contributed by atoms with Gasteiger partial charge in [-0.3, -0.25) is 4.98 Å². The van der Waals surface area contributed by atoms with E-state index in [-0.39, 0.29) is 0 Å². The van der Waals surface area contributed by atoms with E-state index in [1.807, 2.05) is 6.20 Å². The molecule has 0 aliphatic heterocycles. The molecule has 5 heteroatoms. The molecule has 2 aliphatic carbocycles. The Morgan fingerprint density at radius 1 is 0.393 bits per heavy atom. The van der Waals surface area contributed by atoms with Gasteiger partial charge < -0.3 is 9.80 Å². The fourth-order valence-electron chi connectivity index (χ4n) is 8.69. The van der Waals surface area contributed by atoms with E-state index in [4.69, 9.17) is 15.0 Å². The number of pyridine rings is 1. The number of hydrogen-bond donors (Lipinski definition) is 0. The van der Waals surface area contributed by atoms with Crippen LogP contribution in [0.1, 0.15) is 50.2 Å². The standard InChI is InChI=1S/C51H41N5/c1-50(2)42-31-39(55(35-22-12-6-13-23-35)36-24-14-7-15-25-36)30-41(34-20-10-5-11-21-34)44(42)46-48(50)54-47-45-43(51(3,4)49(47)53-46)32-40(33-52-45)56(37-26-16-8-17-27-37)38-28-18-9-19-29-38/h5-33H,1-4H3. The maximum Gasteiger partial charge on any atom is 0.112 e. The second-order valence-electron chi connectivity index (χ2n) is 15.8. The van der Waals surface area contributed by atoms with Gasteiger partial charge in [0.2, 0.25) is 0 Å². The molecule has 0 bridgehead atoms. The van der Waals surface area contributed by atoms with Gasteiger partial charge in [0.05, 0.1) is 34.7 Å². The monoisotopic (exact) mass is 723 g/mol. The molecule has 5 nitrogen and oxygen atoms in total. The topological polar surface area (TPSA) is 45.2 Å². The fourth-order valence-corrected chi connectivity index (χ4v) is 8.69. The van der Waals surface area contributed by atoms with Gasteiger partial charge in [-0.2, -0.15) is 0 Å². The van der Waals surface area contributed by atoms with Gasteiger partial charge in [-0.25, -0.2) is 9.97 Å². The highest BCUT2D eigenvalue weighted by molar-refractivity contribution is 5.95. The lowest BCUT2D eigenvalue weighted by Gasteiger charge is -2.29. The molecular formula is C51H41N5. The minimum absolute atomic E-state index is 0.435. The van der Waals surface area contributed by atoms with Crippen LogP contribution in [0.4, 0.5) is 34.1 Å². The maximum atomic E-state index is 5.68. The Morgan fingerprint density at radius 3 is 1.32 bits per heavy atom. The van der Waals surface area contributed by atoms with E-state index >= 15 is 0 Å². The third-order valence-corrected chi connectivity index (χ3v) is 11.5. The molecule has 0 spiro atoms. The number of anilines is 6. The summed E-state index contributed by atoms with van der Waals surface area (Å²) < 4.78 is 0. The number of nitrogens with zero attached hydrogens (tertiary/aromatic N) is 5. The number of benzene rings is 6. The lowest BCUT2D eigenvalue weighted by molar-refractivity contribution is 0.617. The van der Waals surface area contributed by atoms with Crippen LogP contribution in [-0.4, -0.2) is 15.0 Å². The van der Waals surface area contributed by atoms with Crippen molar-refractivity contribution in [2.75, 3.05) is 9.80 Å². The maximum absolute atomic E-state index is 5.68. The molecular weight excluding hydrogens is 683 g/mol. The summed E-state index contributed by atoms with van der Waals surface area (Å²) in [5, 5.41) is 0. The van der Waals surface area contributed by atoms with Crippen LogP contribution in [0.15, 0.2) is 176 Å². The van der Waals surface area contributed by atoms with E-state index in [0.29, 0.717) is 0 Å². The van der Waals surface area contributed by atoms with Crippen LogP contribution in [0, 0.1) is 0 Å². The second kappa shape index (κ2) is 12.9. The molecule has 0 N–H and O–H groups in total. The number of hydrogen-bond acceptors (Lipinski definition) is 5. The summed E-state index contributed by atoms with van der Waals surface area (Å²) in [6.07, 6.45) is 1.99. The van der Waals surface area contributed by atoms with Crippen LogP contribution in [-0.2, 0) is 10.8 Å². The molecule has 0 atom stereocenters. The highest BCUT2D eigenvalue weighted by Gasteiger charge is 2.46. The Bertz CT molecular complexity index is 2650. The van der Waals surface area contributed by atoms with E-state index in [1.54, 1.807) is 0 Å². The third-order valence-electron chi connectivity index (χ3n) is 11.5.